The maximum Gasteiger partial charge on any atom is 0.111 e. The average molecular weight is 250 g/mol. The first-order valence-corrected chi connectivity index (χ1v) is 7.12. The minimum absolute atomic E-state index is 0.289. The van der Waals surface area contributed by atoms with Gasteiger partial charge in [-0.15, -0.1) is 0 Å². The number of aryl methyl sites for hydroxylation is 1. The summed E-state index contributed by atoms with van der Waals surface area (Å²) in [5.74, 6) is 1.55. The van der Waals surface area contributed by atoms with Crippen LogP contribution in [0.5, 0.6) is 0 Å². The lowest BCUT2D eigenvalue weighted by molar-refractivity contribution is 0.0149. The zero-order valence-electron chi connectivity index (χ0n) is 10.8. The van der Waals surface area contributed by atoms with Crippen LogP contribution in [0.25, 0.3) is 0 Å². The third-order valence-corrected chi connectivity index (χ3v) is 4.21. The van der Waals surface area contributed by atoms with E-state index in [0.717, 1.165) is 44.7 Å². The number of hydrogen-bond donors (Lipinski definition) is 1. The first kappa shape index (κ1) is 12.2. The Morgan fingerprint density at radius 3 is 3.11 bits per heavy atom. The van der Waals surface area contributed by atoms with Crippen molar-refractivity contribution in [3.63, 3.8) is 0 Å². The van der Waals surface area contributed by atoms with E-state index in [-0.39, 0.29) is 6.61 Å². The third-order valence-electron chi connectivity index (χ3n) is 4.21. The number of fused-ring (bicyclic) bond motifs is 1. The molecule has 4 heteroatoms. The fourth-order valence-corrected chi connectivity index (χ4v) is 3.06. The molecule has 3 rings (SSSR count). The first-order valence-electron chi connectivity index (χ1n) is 7.12. The van der Waals surface area contributed by atoms with Gasteiger partial charge in [-0.05, 0) is 32.1 Å². The molecule has 0 saturated carbocycles. The summed E-state index contributed by atoms with van der Waals surface area (Å²) in [5, 5.41) is 9.31. The molecular weight excluding hydrogens is 228 g/mol. The Hall–Kier alpha value is -0.870. The molecule has 18 heavy (non-hydrogen) atoms. The molecule has 0 bridgehead atoms. The molecule has 0 radical (unpaired) electrons. The molecule has 100 valence electrons. The van der Waals surface area contributed by atoms with Crippen molar-refractivity contribution in [2.45, 2.75) is 51.2 Å². The molecule has 2 atom stereocenters. The van der Waals surface area contributed by atoms with Crippen LogP contribution in [0.1, 0.15) is 37.2 Å². The van der Waals surface area contributed by atoms with Crippen molar-refractivity contribution in [1.29, 1.82) is 0 Å². The van der Waals surface area contributed by atoms with E-state index in [1.807, 2.05) is 6.20 Å². The van der Waals surface area contributed by atoms with Crippen molar-refractivity contribution >= 4 is 0 Å². The highest BCUT2D eigenvalue weighted by Gasteiger charge is 2.23. The monoisotopic (exact) mass is 250 g/mol. The Morgan fingerprint density at radius 1 is 1.39 bits per heavy atom. The smallest absolute Gasteiger partial charge is 0.111 e. The zero-order chi connectivity index (χ0) is 12.4. The first-order chi connectivity index (χ1) is 8.86. The number of hydrogen-bond acceptors (Lipinski definition) is 3. The standard InChI is InChI=1S/C14H22N2O2/c17-10-11-4-5-12-8-15-14(16(12)9-11)7-13-3-1-2-6-18-13/h8,11,13,17H,1-7,9-10H2. The van der Waals surface area contributed by atoms with Crippen molar-refractivity contribution in [2.75, 3.05) is 13.2 Å². The van der Waals surface area contributed by atoms with Crippen LogP contribution in [0.2, 0.25) is 0 Å². The second-order valence-electron chi connectivity index (χ2n) is 5.56. The Morgan fingerprint density at radius 2 is 2.33 bits per heavy atom. The zero-order valence-corrected chi connectivity index (χ0v) is 10.8. The van der Waals surface area contributed by atoms with Crippen molar-refractivity contribution in [2.24, 2.45) is 5.92 Å². The predicted molar refractivity (Wildman–Crippen MR) is 68.4 cm³/mol. The van der Waals surface area contributed by atoms with Gasteiger partial charge in [0.1, 0.15) is 5.82 Å². The molecule has 1 aromatic rings. The van der Waals surface area contributed by atoms with E-state index in [9.17, 15) is 5.11 Å². The van der Waals surface area contributed by atoms with Crippen LogP contribution in [0.3, 0.4) is 0 Å². The van der Waals surface area contributed by atoms with Gasteiger partial charge in [0.25, 0.3) is 0 Å². The molecule has 2 unspecified atom stereocenters. The van der Waals surface area contributed by atoms with Gasteiger partial charge >= 0.3 is 0 Å². The molecule has 0 aromatic carbocycles. The second kappa shape index (κ2) is 5.41. The summed E-state index contributed by atoms with van der Waals surface area (Å²) >= 11 is 0. The van der Waals surface area contributed by atoms with Gasteiger partial charge in [0, 0.05) is 44.0 Å². The molecule has 3 heterocycles. The fourth-order valence-electron chi connectivity index (χ4n) is 3.06. The predicted octanol–water partition coefficient (Wildman–Crippen LogP) is 1.55. The SMILES string of the molecule is OCC1CCc2cnc(CC3CCCCO3)n2C1. The van der Waals surface area contributed by atoms with Crippen LogP contribution < -0.4 is 0 Å². The molecule has 1 fully saturated rings. The van der Waals surface area contributed by atoms with Gasteiger partial charge in [-0.3, -0.25) is 0 Å². The van der Waals surface area contributed by atoms with Gasteiger partial charge in [0.2, 0.25) is 0 Å². The normalized spacial score (nSPS) is 28.1. The molecule has 1 saturated heterocycles. The van der Waals surface area contributed by atoms with E-state index in [2.05, 4.69) is 9.55 Å². The van der Waals surface area contributed by atoms with Crippen LogP contribution in [-0.2, 0) is 24.1 Å². The summed E-state index contributed by atoms with van der Waals surface area (Å²) in [7, 11) is 0. The number of aliphatic hydroxyl groups is 1. The average Bonchev–Trinajstić information content (AvgIpc) is 2.82. The number of aromatic nitrogens is 2. The molecule has 0 amide bonds. The summed E-state index contributed by atoms with van der Waals surface area (Å²) in [6.07, 6.45) is 9.04. The molecule has 0 aliphatic carbocycles. The van der Waals surface area contributed by atoms with Gasteiger partial charge in [0.05, 0.1) is 6.10 Å². The van der Waals surface area contributed by atoms with E-state index in [1.165, 1.54) is 18.5 Å². The van der Waals surface area contributed by atoms with Gasteiger partial charge < -0.3 is 14.4 Å². The summed E-state index contributed by atoms with van der Waals surface area (Å²) in [4.78, 5) is 4.56. The van der Waals surface area contributed by atoms with Gasteiger partial charge in [-0.2, -0.15) is 0 Å². The highest BCUT2D eigenvalue weighted by molar-refractivity contribution is 5.09. The maximum atomic E-state index is 9.31. The number of nitrogens with zero attached hydrogens (tertiary/aromatic N) is 2. The van der Waals surface area contributed by atoms with Crippen molar-refractivity contribution in [1.82, 2.24) is 9.55 Å². The molecule has 1 N–H and O–H groups in total. The Kier molecular flexibility index (Phi) is 3.66. The molecule has 4 nitrogen and oxygen atoms in total. The minimum atomic E-state index is 0.289. The van der Waals surface area contributed by atoms with E-state index >= 15 is 0 Å². The van der Waals surface area contributed by atoms with E-state index in [1.54, 1.807) is 0 Å². The van der Waals surface area contributed by atoms with Crippen LogP contribution >= 0.6 is 0 Å². The topological polar surface area (TPSA) is 47.3 Å². The lowest BCUT2D eigenvalue weighted by atomic mass is 9.98. The van der Waals surface area contributed by atoms with Crippen LogP contribution in [0.15, 0.2) is 6.20 Å². The minimum Gasteiger partial charge on any atom is -0.396 e. The quantitative estimate of drug-likeness (QED) is 0.885. The summed E-state index contributed by atoms with van der Waals surface area (Å²) in [6.45, 7) is 2.11. The van der Waals surface area contributed by atoms with E-state index in [0.29, 0.717) is 12.0 Å². The molecule has 2 aliphatic rings. The molecule has 0 spiro atoms. The fraction of sp³-hybridized carbons (Fsp3) is 0.786. The second-order valence-corrected chi connectivity index (χ2v) is 5.56. The van der Waals surface area contributed by atoms with Gasteiger partial charge in [0.15, 0.2) is 0 Å². The maximum absolute atomic E-state index is 9.31. The van der Waals surface area contributed by atoms with Crippen molar-refractivity contribution in [3.05, 3.63) is 17.7 Å². The Bertz CT molecular complexity index is 396. The highest BCUT2D eigenvalue weighted by atomic mass is 16.5. The number of ether oxygens (including phenoxy) is 1. The van der Waals surface area contributed by atoms with E-state index < -0.39 is 0 Å². The summed E-state index contributed by atoms with van der Waals surface area (Å²) < 4.78 is 8.10. The Balaban J connectivity index is 1.71. The molecule has 2 aliphatic heterocycles. The number of rotatable bonds is 3. The largest absolute Gasteiger partial charge is 0.396 e. The number of imidazole rings is 1. The van der Waals surface area contributed by atoms with Crippen LogP contribution in [0.4, 0.5) is 0 Å². The summed E-state index contributed by atoms with van der Waals surface area (Å²) in [5.41, 5.74) is 1.32. The van der Waals surface area contributed by atoms with Gasteiger partial charge in [-0.1, -0.05) is 0 Å². The lowest BCUT2D eigenvalue weighted by Crippen LogP contribution is -2.27. The van der Waals surface area contributed by atoms with Crippen LogP contribution in [0, 0.1) is 5.92 Å². The number of aliphatic hydroxyl groups excluding tert-OH is 1. The third kappa shape index (κ3) is 2.45. The molecule has 1 aromatic heterocycles. The summed E-state index contributed by atoms with van der Waals surface area (Å²) in [6, 6.07) is 0. The van der Waals surface area contributed by atoms with E-state index in [4.69, 9.17) is 4.74 Å². The van der Waals surface area contributed by atoms with Crippen LogP contribution in [-0.4, -0.2) is 34.0 Å². The van der Waals surface area contributed by atoms with Gasteiger partial charge in [-0.25, -0.2) is 4.98 Å². The van der Waals surface area contributed by atoms with Crippen molar-refractivity contribution in [3.8, 4) is 0 Å². The lowest BCUT2D eigenvalue weighted by Gasteiger charge is -2.26. The highest BCUT2D eigenvalue weighted by Crippen LogP contribution is 2.23. The van der Waals surface area contributed by atoms with Crippen molar-refractivity contribution < 1.29 is 9.84 Å². The Labute approximate surface area is 108 Å². The molecular formula is C14H22N2O2.